The van der Waals surface area contributed by atoms with Gasteiger partial charge in [-0.25, -0.2) is 13.2 Å². The molecule has 100 valence electrons. The fraction of sp³-hybridized carbons (Fsp3) is 0.154. The van der Waals surface area contributed by atoms with Gasteiger partial charge in [0.2, 0.25) is 0 Å². The molecule has 6 heteroatoms. The molecule has 0 saturated carbocycles. The van der Waals surface area contributed by atoms with Gasteiger partial charge in [0.15, 0.2) is 11.6 Å². The van der Waals surface area contributed by atoms with E-state index >= 15 is 0 Å². The highest BCUT2D eigenvalue weighted by atomic mass is 19.1. The third kappa shape index (κ3) is 3.37. The van der Waals surface area contributed by atoms with Crippen LogP contribution in [0.1, 0.15) is 5.56 Å². The number of hydrogen-bond acceptors (Lipinski definition) is 3. The molecule has 0 aliphatic rings. The van der Waals surface area contributed by atoms with Gasteiger partial charge in [-0.2, -0.15) is 0 Å². The van der Waals surface area contributed by atoms with Crippen molar-refractivity contribution in [2.24, 2.45) is 0 Å². The molecule has 19 heavy (non-hydrogen) atoms. The van der Waals surface area contributed by atoms with Crippen LogP contribution in [-0.4, -0.2) is 16.6 Å². The minimum absolute atomic E-state index is 0.184. The lowest BCUT2D eigenvalue weighted by Gasteiger charge is -2.08. The van der Waals surface area contributed by atoms with Crippen molar-refractivity contribution in [1.29, 1.82) is 0 Å². The summed E-state index contributed by atoms with van der Waals surface area (Å²) in [5.74, 6) is -2.32. The van der Waals surface area contributed by atoms with Crippen molar-refractivity contribution < 1.29 is 18.3 Å². The fourth-order valence-electron chi connectivity index (χ4n) is 1.69. The number of rotatable bonds is 4. The van der Waals surface area contributed by atoms with Crippen LogP contribution >= 0.6 is 0 Å². The van der Waals surface area contributed by atoms with Crippen molar-refractivity contribution in [1.82, 2.24) is 4.98 Å². The lowest BCUT2D eigenvalue weighted by Crippen LogP contribution is -2.08. The standard InChI is InChI=1S/C13H11F3N2O/c14-9-3-8(4-10(19)5-9)1-2-18-13-11(15)6-17-7-12(13)16/h3-7,19H,1-2H2,(H,17,18). The van der Waals surface area contributed by atoms with Crippen molar-refractivity contribution >= 4 is 5.69 Å². The molecule has 2 N–H and O–H groups in total. The molecular weight excluding hydrogens is 257 g/mol. The van der Waals surface area contributed by atoms with E-state index in [0.29, 0.717) is 12.0 Å². The highest BCUT2D eigenvalue weighted by Crippen LogP contribution is 2.18. The minimum Gasteiger partial charge on any atom is -0.508 e. The molecule has 1 aromatic heterocycles. The molecule has 0 amide bonds. The summed E-state index contributed by atoms with van der Waals surface area (Å²) in [5, 5.41) is 11.8. The van der Waals surface area contributed by atoms with Crippen molar-refractivity contribution in [3.8, 4) is 5.75 Å². The first-order valence-corrected chi connectivity index (χ1v) is 5.57. The molecule has 1 aromatic carbocycles. The third-order valence-electron chi connectivity index (χ3n) is 2.51. The number of phenolic OH excluding ortho intramolecular Hbond substituents is 1. The van der Waals surface area contributed by atoms with Gasteiger partial charge in [0.05, 0.1) is 12.4 Å². The van der Waals surface area contributed by atoms with Gasteiger partial charge in [0, 0.05) is 12.6 Å². The van der Waals surface area contributed by atoms with Crippen LogP contribution in [0.2, 0.25) is 0 Å². The Morgan fingerprint density at radius 3 is 2.37 bits per heavy atom. The van der Waals surface area contributed by atoms with Crippen LogP contribution < -0.4 is 5.32 Å². The van der Waals surface area contributed by atoms with Gasteiger partial charge < -0.3 is 10.4 Å². The summed E-state index contributed by atoms with van der Waals surface area (Å²) in [5.41, 5.74) is 0.260. The Labute approximate surface area is 107 Å². The molecule has 0 bridgehead atoms. The number of halogens is 3. The summed E-state index contributed by atoms with van der Waals surface area (Å²) in [6.07, 6.45) is 2.12. The average molecular weight is 268 g/mol. The second kappa shape index (κ2) is 5.60. The van der Waals surface area contributed by atoms with Gasteiger partial charge in [-0.1, -0.05) is 0 Å². The molecule has 2 rings (SSSR count). The molecule has 1 heterocycles. The summed E-state index contributed by atoms with van der Waals surface area (Å²) in [6.45, 7) is 0.195. The number of phenols is 1. The zero-order chi connectivity index (χ0) is 13.8. The van der Waals surface area contributed by atoms with Crippen molar-refractivity contribution in [3.05, 3.63) is 53.6 Å². The van der Waals surface area contributed by atoms with Crippen molar-refractivity contribution in [2.45, 2.75) is 6.42 Å². The van der Waals surface area contributed by atoms with Crippen LogP contribution in [0, 0.1) is 17.5 Å². The number of hydrogen-bond donors (Lipinski definition) is 2. The van der Waals surface area contributed by atoms with E-state index in [-0.39, 0.29) is 18.0 Å². The van der Waals surface area contributed by atoms with E-state index < -0.39 is 17.5 Å². The van der Waals surface area contributed by atoms with Gasteiger partial charge >= 0.3 is 0 Å². The van der Waals surface area contributed by atoms with E-state index in [9.17, 15) is 18.3 Å². The minimum atomic E-state index is -0.790. The number of nitrogens with zero attached hydrogens (tertiary/aromatic N) is 1. The fourth-order valence-corrected chi connectivity index (χ4v) is 1.69. The molecule has 0 atom stereocenters. The molecule has 0 fully saturated rings. The lowest BCUT2D eigenvalue weighted by atomic mass is 10.1. The number of pyridine rings is 1. The number of aromatic hydroxyl groups is 1. The van der Waals surface area contributed by atoms with Crippen LogP contribution in [0.3, 0.4) is 0 Å². The summed E-state index contributed by atoms with van der Waals surface area (Å²) < 4.78 is 39.5. The van der Waals surface area contributed by atoms with Gasteiger partial charge in [0.1, 0.15) is 17.3 Å². The van der Waals surface area contributed by atoms with Crippen molar-refractivity contribution in [2.75, 3.05) is 11.9 Å². The Morgan fingerprint density at radius 2 is 1.74 bits per heavy atom. The Bertz CT molecular complexity index is 550. The normalized spacial score (nSPS) is 10.5. The SMILES string of the molecule is Oc1cc(F)cc(CCNc2c(F)cncc2F)c1. The average Bonchev–Trinajstić information content (AvgIpc) is 2.32. The molecule has 0 radical (unpaired) electrons. The van der Waals surface area contributed by atoms with E-state index in [1.807, 2.05) is 0 Å². The second-order valence-electron chi connectivity index (χ2n) is 3.97. The van der Waals surface area contributed by atoms with Gasteiger partial charge in [0.25, 0.3) is 0 Å². The number of aromatic nitrogens is 1. The molecule has 2 aromatic rings. The highest BCUT2D eigenvalue weighted by molar-refractivity contribution is 5.44. The van der Waals surface area contributed by atoms with E-state index in [1.165, 1.54) is 12.1 Å². The maximum absolute atomic E-state index is 13.2. The predicted octanol–water partition coefficient (Wildman–Crippen LogP) is 2.86. The summed E-state index contributed by atoms with van der Waals surface area (Å²) >= 11 is 0. The maximum atomic E-state index is 13.2. The molecule has 0 unspecified atom stereocenters. The van der Waals surface area contributed by atoms with Gasteiger partial charge in [-0.15, -0.1) is 0 Å². The highest BCUT2D eigenvalue weighted by Gasteiger charge is 2.08. The van der Waals surface area contributed by atoms with Gasteiger partial charge in [-0.3, -0.25) is 4.98 Å². The summed E-state index contributed by atoms with van der Waals surface area (Å²) in [4.78, 5) is 3.36. The molecular formula is C13H11F3N2O. The van der Waals surface area contributed by atoms with E-state index in [1.54, 1.807) is 0 Å². The predicted molar refractivity (Wildman–Crippen MR) is 64.4 cm³/mol. The second-order valence-corrected chi connectivity index (χ2v) is 3.97. The smallest absolute Gasteiger partial charge is 0.167 e. The molecule has 3 nitrogen and oxygen atoms in total. The number of nitrogens with one attached hydrogen (secondary N) is 1. The van der Waals surface area contributed by atoms with E-state index in [4.69, 9.17) is 0 Å². The Kier molecular flexibility index (Phi) is 3.89. The summed E-state index contributed by atoms with van der Waals surface area (Å²) in [7, 11) is 0. The monoisotopic (exact) mass is 268 g/mol. The quantitative estimate of drug-likeness (QED) is 0.896. The first-order chi connectivity index (χ1) is 9.06. The van der Waals surface area contributed by atoms with E-state index in [2.05, 4.69) is 10.3 Å². The van der Waals surface area contributed by atoms with E-state index in [0.717, 1.165) is 18.5 Å². The zero-order valence-corrected chi connectivity index (χ0v) is 9.83. The van der Waals surface area contributed by atoms with Crippen LogP contribution in [-0.2, 0) is 6.42 Å². The first kappa shape index (κ1) is 13.2. The lowest BCUT2D eigenvalue weighted by molar-refractivity contribution is 0.468. The molecule has 0 saturated heterocycles. The topological polar surface area (TPSA) is 45.1 Å². The summed E-state index contributed by atoms with van der Waals surface area (Å²) in [6, 6.07) is 3.63. The number of benzene rings is 1. The molecule has 0 aliphatic heterocycles. The van der Waals surface area contributed by atoms with Crippen LogP contribution in [0.5, 0.6) is 5.75 Å². The van der Waals surface area contributed by atoms with Crippen LogP contribution in [0.15, 0.2) is 30.6 Å². The van der Waals surface area contributed by atoms with Crippen LogP contribution in [0.25, 0.3) is 0 Å². The maximum Gasteiger partial charge on any atom is 0.167 e. The zero-order valence-electron chi connectivity index (χ0n) is 9.83. The Morgan fingerprint density at radius 1 is 1.05 bits per heavy atom. The molecule has 0 aliphatic carbocycles. The first-order valence-electron chi connectivity index (χ1n) is 5.57. The van der Waals surface area contributed by atoms with Crippen molar-refractivity contribution in [3.63, 3.8) is 0 Å². The largest absolute Gasteiger partial charge is 0.508 e. The molecule has 0 spiro atoms. The number of anilines is 1. The third-order valence-corrected chi connectivity index (χ3v) is 2.51. The Hall–Kier alpha value is -2.24. The van der Waals surface area contributed by atoms with Crippen LogP contribution in [0.4, 0.5) is 18.9 Å². The Balaban J connectivity index is 2.00. The van der Waals surface area contributed by atoms with Gasteiger partial charge in [-0.05, 0) is 24.1 Å².